The molecule has 0 aromatic heterocycles. The highest BCUT2D eigenvalue weighted by Gasteiger charge is 2.24. The molecule has 3 nitrogen and oxygen atoms in total. The van der Waals surface area contributed by atoms with Crippen molar-refractivity contribution >= 4 is 23.7 Å². The van der Waals surface area contributed by atoms with Crippen LogP contribution in [0.3, 0.4) is 0 Å². The number of aliphatic hydroxyl groups is 1. The highest BCUT2D eigenvalue weighted by molar-refractivity contribution is 7.99. The Morgan fingerprint density at radius 2 is 1.85 bits per heavy atom. The Morgan fingerprint density at radius 1 is 1.10 bits per heavy atom. The van der Waals surface area contributed by atoms with Crippen molar-refractivity contribution in [2.45, 2.75) is 16.2 Å². The molecule has 2 aromatic carbocycles. The largest absolute Gasteiger partial charge is 0.497 e. The second-order valence-electron chi connectivity index (χ2n) is 4.55. The Labute approximate surface area is 122 Å². The standard InChI is InChI=1S/C16H15NO2S/c1-19-12-8-6-11(7-9-12)16-14(18)10-17-13-4-2-3-5-15(13)20-16/h2-10,14,16,18H,1H3/t14-,16-/m1/s1. The zero-order chi connectivity index (χ0) is 13.9. The zero-order valence-electron chi connectivity index (χ0n) is 11.1. The minimum atomic E-state index is -0.610. The number of ether oxygens (including phenoxy) is 1. The van der Waals surface area contributed by atoms with E-state index in [1.807, 2.05) is 48.5 Å². The third-order valence-electron chi connectivity index (χ3n) is 3.24. The predicted octanol–water partition coefficient (Wildman–Crippen LogP) is 3.61. The molecular weight excluding hydrogens is 270 g/mol. The molecule has 3 rings (SSSR count). The van der Waals surface area contributed by atoms with E-state index in [0.29, 0.717) is 0 Å². The van der Waals surface area contributed by atoms with E-state index in [9.17, 15) is 5.11 Å². The number of aliphatic imine (C=N–C) groups is 1. The molecule has 1 N–H and O–H groups in total. The van der Waals surface area contributed by atoms with Crippen LogP contribution in [0.15, 0.2) is 58.4 Å². The summed E-state index contributed by atoms with van der Waals surface area (Å²) in [7, 11) is 1.65. The molecule has 0 spiro atoms. The molecule has 2 aromatic rings. The van der Waals surface area contributed by atoms with E-state index in [4.69, 9.17) is 4.74 Å². The molecule has 4 heteroatoms. The smallest absolute Gasteiger partial charge is 0.118 e. The first-order valence-electron chi connectivity index (χ1n) is 6.40. The highest BCUT2D eigenvalue weighted by atomic mass is 32.2. The van der Waals surface area contributed by atoms with Crippen LogP contribution in [-0.4, -0.2) is 24.5 Å². The molecule has 0 bridgehead atoms. The van der Waals surface area contributed by atoms with Crippen LogP contribution in [0.5, 0.6) is 5.75 Å². The van der Waals surface area contributed by atoms with Crippen molar-refractivity contribution in [3.05, 3.63) is 54.1 Å². The van der Waals surface area contributed by atoms with Gasteiger partial charge < -0.3 is 9.84 Å². The van der Waals surface area contributed by atoms with Gasteiger partial charge in [0, 0.05) is 11.1 Å². The van der Waals surface area contributed by atoms with Gasteiger partial charge in [0.15, 0.2) is 0 Å². The van der Waals surface area contributed by atoms with Crippen molar-refractivity contribution in [3.8, 4) is 5.75 Å². The first kappa shape index (κ1) is 13.2. The molecule has 20 heavy (non-hydrogen) atoms. The monoisotopic (exact) mass is 285 g/mol. The molecule has 1 aliphatic rings. The SMILES string of the molecule is COc1ccc([C@H]2Sc3ccccc3N=C[C@H]2O)cc1. The van der Waals surface area contributed by atoms with Crippen LogP contribution in [-0.2, 0) is 0 Å². The summed E-state index contributed by atoms with van der Waals surface area (Å²) in [4.78, 5) is 5.44. The van der Waals surface area contributed by atoms with E-state index in [0.717, 1.165) is 21.9 Å². The number of rotatable bonds is 2. The van der Waals surface area contributed by atoms with Crippen molar-refractivity contribution in [2.75, 3.05) is 7.11 Å². The fourth-order valence-electron chi connectivity index (χ4n) is 2.16. The van der Waals surface area contributed by atoms with E-state index < -0.39 is 6.10 Å². The van der Waals surface area contributed by atoms with Crippen LogP contribution in [0.1, 0.15) is 10.8 Å². The summed E-state index contributed by atoms with van der Waals surface area (Å²) < 4.78 is 5.17. The molecule has 102 valence electrons. The van der Waals surface area contributed by atoms with Gasteiger partial charge in [0.05, 0.1) is 18.0 Å². The number of methoxy groups -OCH3 is 1. The number of thioether (sulfide) groups is 1. The average Bonchev–Trinajstić information content (AvgIpc) is 2.67. The van der Waals surface area contributed by atoms with Gasteiger partial charge in [-0.25, -0.2) is 0 Å². The van der Waals surface area contributed by atoms with Crippen molar-refractivity contribution in [3.63, 3.8) is 0 Å². The zero-order valence-corrected chi connectivity index (χ0v) is 11.9. The number of fused-ring (bicyclic) bond motifs is 1. The summed E-state index contributed by atoms with van der Waals surface area (Å²) in [6.45, 7) is 0. The molecule has 1 heterocycles. The molecule has 1 aliphatic heterocycles. The Balaban J connectivity index is 1.94. The minimum absolute atomic E-state index is 0.0618. The molecule has 0 fully saturated rings. The number of benzene rings is 2. The summed E-state index contributed by atoms with van der Waals surface area (Å²) in [5.74, 6) is 0.816. The molecular formula is C16H15NO2S. The fourth-order valence-corrected chi connectivity index (χ4v) is 3.34. The lowest BCUT2D eigenvalue weighted by Gasteiger charge is -2.18. The number of para-hydroxylation sites is 1. The van der Waals surface area contributed by atoms with Crippen molar-refractivity contribution in [2.24, 2.45) is 4.99 Å². The van der Waals surface area contributed by atoms with Gasteiger partial charge >= 0.3 is 0 Å². The van der Waals surface area contributed by atoms with Crippen LogP contribution < -0.4 is 4.74 Å². The molecule has 0 amide bonds. The van der Waals surface area contributed by atoms with E-state index >= 15 is 0 Å². The lowest BCUT2D eigenvalue weighted by Crippen LogP contribution is -2.16. The number of nitrogens with zero attached hydrogens (tertiary/aromatic N) is 1. The minimum Gasteiger partial charge on any atom is -0.497 e. The van der Waals surface area contributed by atoms with Gasteiger partial charge in [0.2, 0.25) is 0 Å². The Hall–Kier alpha value is -1.78. The summed E-state index contributed by atoms with van der Waals surface area (Å²) in [5.41, 5.74) is 1.97. The third kappa shape index (κ3) is 2.57. The van der Waals surface area contributed by atoms with Gasteiger partial charge in [-0.1, -0.05) is 24.3 Å². The molecule has 0 saturated carbocycles. The number of hydrogen-bond acceptors (Lipinski definition) is 4. The van der Waals surface area contributed by atoms with Crippen molar-refractivity contribution in [1.82, 2.24) is 0 Å². The summed E-state index contributed by atoms with van der Waals surface area (Å²) in [6.07, 6.45) is 1.01. The average molecular weight is 285 g/mol. The molecule has 0 radical (unpaired) electrons. The molecule has 0 saturated heterocycles. The first-order valence-corrected chi connectivity index (χ1v) is 7.28. The normalized spacial score (nSPS) is 21.1. The van der Waals surface area contributed by atoms with E-state index in [1.165, 1.54) is 0 Å². The second kappa shape index (κ2) is 5.69. The number of hydrogen-bond donors (Lipinski definition) is 1. The van der Waals surface area contributed by atoms with Gasteiger partial charge in [-0.05, 0) is 29.8 Å². The summed E-state index contributed by atoms with van der Waals surface area (Å²) >= 11 is 1.64. The Bertz CT molecular complexity index is 625. The van der Waals surface area contributed by atoms with Crippen LogP contribution >= 0.6 is 11.8 Å². The Kier molecular flexibility index (Phi) is 3.76. The van der Waals surface area contributed by atoms with Gasteiger partial charge in [-0.3, -0.25) is 4.99 Å². The van der Waals surface area contributed by atoms with Crippen LogP contribution in [0.4, 0.5) is 5.69 Å². The first-order chi connectivity index (χ1) is 9.78. The summed E-state index contributed by atoms with van der Waals surface area (Å²) in [6, 6.07) is 15.7. The summed E-state index contributed by atoms with van der Waals surface area (Å²) in [5, 5.41) is 10.2. The highest BCUT2D eigenvalue weighted by Crippen LogP contribution is 2.43. The Morgan fingerprint density at radius 3 is 2.60 bits per heavy atom. The third-order valence-corrected chi connectivity index (χ3v) is 4.64. The van der Waals surface area contributed by atoms with Gasteiger partial charge in [0.25, 0.3) is 0 Å². The van der Waals surface area contributed by atoms with Crippen LogP contribution in [0.2, 0.25) is 0 Å². The van der Waals surface area contributed by atoms with E-state index in [2.05, 4.69) is 4.99 Å². The van der Waals surface area contributed by atoms with E-state index in [1.54, 1.807) is 25.1 Å². The van der Waals surface area contributed by atoms with Crippen LogP contribution in [0, 0.1) is 0 Å². The maximum Gasteiger partial charge on any atom is 0.118 e. The second-order valence-corrected chi connectivity index (χ2v) is 5.73. The molecule has 0 aliphatic carbocycles. The van der Waals surface area contributed by atoms with Crippen molar-refractivity contribution < 1.29 is 9.84 Å². The quantitative estimate of drug-likeness (QED) is 0.916. The van der Waals surface area contributed by atoms with Crippen LogP contribution in [0.25, 0.3) is 0 Å². The lowest BCUT2D eigenvalue weighted by molar-refractivity contribution is 0.244. The van der Waals surface area contributed by atoms with Gasteiger partial charge in [-0.15, -0.1) is 11.8 Å². The topological polar surface area (TPSA) is 41.8 Å². The fraction of sp³-hybridized carbons (Fsp3) is 0.188. The lowest BCUT2D eigenvalue weighted by atomic mass is 10.1. The maximum atomic E-state index is 10.3. The number of aliphatic hydroxyl groups excluding tert-OH is 1. The van der Waals surface area contributed by atoms with Crippen molar-refractivity contribution in [1.29, 1.82) is 0 Å². The van der Waals surface area contributed by atoms with Gasteiger partial charge in [0.1, 0.15) is 11.9 Å². The maximum absolute atomic E-state index is 10.3. The molecule has 2 atom stereocenters. The predicted molar refractivity (Wildman–Crippen MR) is 82.2 cm³/mol. The van der Waals surface area contributed by atoms with Gasteiger partial charge in [-0.2, -0.15) is 0 Å². The van der Waals surface area contributed by atoms with E-state index in [-0.39, 0.29) is 5.25 Å². The molecule has 0 unspecified atom stereocenters.